The highest BCUT2D eigenvalue weighted by atomic mass is 35.5. The molecule has 0 spiro atoms. The van der Waals surface area contributed by atoms with E-state index in [4.69, 9.17) is 98.5 Å². The van der Waals surface area contributed by atoms with Gasteiger partial charge in [0.1, 0.15) is 11.9 Å². The average molecular weight is 1210 g/mol. The number of halogens is 5. The van der Waals surface area contributed by atoms with Crippen LogP contribution in [0.15, 0.2) is 42.2 Å². The van der Waals surface area contributed by atoms with Crippen molar-refractivity contribution < 1.29 is 103 Å². The highest BCUT2D eigenvalue weighted by Gasteiger charge is 2.55. The molecule has 0 bridgehead atoms. The Morgan fingerprint density at radius 2 is 1.05 bits per heavy atom. The van der Waals surface area contributed by atoms with Crippen molar-refractivity contribution in [2.45, 2.75) is 137 Å². The maximum Gasteiger partial charge on any atom is 0.339 e. The van der Waals surface area contributed by atoms with Crippen molar-refractivity contribution in [2.24, 2.45) is 5.92 Å². The van der Waals surface area contributed by atoms with E-state index in [1.54, 1.807) is 19.1 Å². The molecule has 0 radical (unpaired) electrons. The number of benzene rings is 2. The van der Waals surface area contributed by atoms with E-state index in [9.17, 15) is 33.6 Å². The summed E-state index contributed by atoms with van der Waals surface area (Å²) in [6.07, 6.45) is -6.46. The third-order valence-corrected chi connectivity index (χ3v) is 14.2. The fraction of sp³-hybridized carbons (Fsp3) is 0.538. The van der Waals surface area contributed by atoms with E-state index in [1.807, 2.05) is 53.3 Å². The molecule has 0 aliphatic carbocycles. The molecule has 0 saturated carbocycles. The van der Waals surface area contributed by atoms with Crippen LogP contribution in [-0.4, -0.2) is 142 Å². The number of anilines is 2. The average Bonchev–Trinajstić information content (AvgIpc) is 3.97. The first-order chi connectivity index (χ1) is 37.0. The predicted molar refractivity (Wildman–Crippen MR) is 281 cm³/mol. The topological polar surface area (TPSA) is 236 Å². The predicted octanol–water partition coefficient (Wildman–Crippen LogP) is 3.67. The molecule has 2 saturated heterocycles. The summed E-state index contributed by atoms with van der Waals surface area (Å²) < 4.78 is 65.9. The number of fused-ring (bicyclic) bond motifs is 2. The first-order valence-corrected chi connectivity index (χ1v) is 26.5. The highest BCUT2D eigenvalue weighted by Crippen LogP contribution is 2.45. The van der Waals surface area contributed by atoms with Crippen LogP contribution in [0.5, 0.6) is 0 Å². The van der Waals surface area contributed by atoms with E-state index in [2.05, 4.69) is 9.80 Å². The third kappa shape index (κ3) is 15.1. The Kier molecular flexibility index (Phi) is 23.5. The van der Waals surface area contributed by atoms with Crippen LogP contribution in [0.1, 0.15) is 74.1 Å². The van der Waals surface area contributed by atoms with Gasteiger partial charge in [0.25, 0.3) is 5.82 Å². The minimum atomic E-state index is -1.66. The van der Waals surface area contributed by atoms with Crippen molar-refractivity contribution in [1.29, 1.82) is 0 Å². The molecule has 3 aliphatic heterocycles. The van der Waals surface area contributed by atoms with Gasteiger partial charge in [0.05, 0.1) is 72.0 Å². The molecular formula is C52H63Cl5N4O18. The summed E-state index contributed by atoms with van der Waals surface area (Å²) in [7, 11) is 2.25. The van der Waals surface area contributed by atoms with Gasteiger partial charge in [-0.05, 0) is 32.1 Å². The molecule has 0 N–H and O–H groups in total. The maximum absolute atomic E-state index is 13.1. The minimum Gasteiger partial charge on any atom is -1.00 e. The number of esters is 7. The number of hydrogen-bond acceptors (Lipinski definition) is 20. The molecule has 2 aromatic carbocycles. The van der Waals surface area contributed by atoms with Crippen LogP contribution in [-0.2, 0) is 98.8 Å². The zero-order valence-electron chi connectivity index (χ0n) is 45.0. The van der Waals surface area contributed by atoms with Crippen LogP contribution in [0.25, 0.3) is 17.1 Å². The van der Waals surface area contributed by atoms with Gasteiger partial charge in [-0.2, -0.15) is 0 Å². The van der Waals surface area contributed by atoms with Gasteiger partial charge in [-0.25, -0.2) is 18.7 Å². The molecule has 2 fully saturated rings. The van der Waals surface area contributed by atoms with Crippen molar-refractivity contribution in [3.8, 4) is 0 Å². The molecular weight excluding hydrogens is 1150 g/mol. The zero-order chi connectivity index (χ0) is 57.3. The van der Waals surface area contributed by atoms with Crippen molar-refractivity contribution in [1.82, 2.24) is 4.57 Å². The first-order valence-electron chi connectivity index (χ1n) is 24.9. The molecule has 6 rings (SSSR count). The quantitative estimate of drug-likeness (QED) is 0.0640. The summed E-state index contributed by atoms with van der Waals surface area (Å²) in [5.41, 5.74) is 3.06. The lowest BCUT2D eigenvalue weighted by molar-refractivity contribution is -0.674. The highest BCUT2D eigenvalue weighted by molar-refractivity contribution is 6.43. The number of aryl methyl sites for hydroxylation is 2. The summed E-state index contributed by atoms with van der Waals surface area (Å²) in [5.74, 6) is -4.92. The summed E-state index contributed by atoms with van der Waals surface area (Å²) in [5, 5.41) is 1.34. The summed E-state index contributed by atoms with van der Waals surface area (Å²) in [6.45, 7) is 12.9. The molecule has 3 aliphatic rings. The van der Waals surface area contributed by atoms with Crippen molar-refractivity contribution in [3.63, 3.8) is 0 Å². The number of ether oxygens (including phenoxy) is 11. The van der Waals surface area contributed by atoms with E-state index < -0.39 is 103 Å². The number of carbonyl (C=O) groups is 7. The number of imidazole rings is 1. The smallest absolute Gasteiger partial charge is 0.339 e. The molecule has 0 amide bonds. The van der Waals surface area contributed by atoms with Gasteiger partial charge in [0, 0.05) is 84.7 Å². The largest absolute Gasteiger partial charge is 1.00 e. The summed E-state index contributed by atoms with van der Waals surface area (Å²) in [6, 6.07) is 7.10. The van der Waals surface area contributed by atoms with E-state index in [1.165, 1.54) is 13.8 Å². The molecule has 4 unspecified atom stereocenters. The van der Waals surface area contributed by atoms with Gasteiger partial charge in [-0.3, -0.25) is 24.0 Å². The lowest BCUT2D eigenvalue weighted by Crippen LogP contribution is -3.00. The summed E-state index contributed by atoms with van der Waals surface area (Å²) in [4.78, 5) is 91.9. The van der Waals surface area contributed by atoms with Crippen LogP contribution in [0.2, 0.25) is 20.1 Å². The van der Waals surface area contributed by atoms with Gasteiger partial charge in [0.2, 0.25) is 0 Å². The summed E-state index contributed by atoms with van der Waals surface area (Å²) >= 11 is 26.5. The third-order valence-electron chi connectivity index (χ3n) is 12.8. The normalized spacial score (nSPS) is 23.6. The van der Waals surface area contributed by atoms with Crippen molar-refractivity contribution in [2.75, 3.05) is 50.3 Å². The number of aromatic nitrogens is 2. The van der Waals surface area contributed by atoms with E-state index >= 15 is 0 Å². The van der Waals surface area contributed by atoms with Crippen molar-refractivity contribution >= 4 is 117 Å². The van der Waals surface area contributed by atoms with Gasteiger partial charge in [-0.15, -0.1) is 0 Å². The minimum absolute atomic E-state index is 0. The fourth-order valence-corrected chi connectivity index (χ4v) is 10.3. The Labute approximate surface area is 482 Å². The van der Waals surface area contributed by atoms with Gasteiger partial charge in [0.15, 0.2) is 60.2 Å². The first kappa shape index (κ1) is 64.4. The number of nitrogens with zero attached hydrogens (tertiary/aromatic N) is 4. The molecule has 1 aromatic heterocycles. The monoisotopic (exact) mass is 1210 g/mol. The SMILES string of the molecule is CCN1C(=CC=Cc2n(CCCO[C@H]3OC(C(=O)OC)[C@H](OC(C)=O)[C@H](C)C3OC(C)=O)c3cc(Cl)c(Cl)cc3[n+]2CCCO[C@@H]2OC(C(=O)OC)[C@@H](OC(C)=O)[C@@H](OC(C)=O)C2OC(C)=O)N(CC)c2cc(Cl)c(Cl)cc21.[Cl-]. The standard InChI is InChI=1S/C52H63Cl4N4O18.ClH/c1-11-57-36-22-32(53)33(54)23-37(36)58(12-2)40(57)16-13-17-41-59(18-14-20-70-51-43(73-28(5)62)26(3)42(72-27(4)61)46(77-51)49(66)68-9)38-24-34(55)35(56)25-39(38)60(41)19-15-21-71-52-48(76-31(8)65)45(75-30(7)64)44(74-29(6)63)47(78-52)50(67)69-10;/h13,16-17,22-26,42-48,51-52H,11-12,14-15,18-21H2,1-10H3;1H/q+1;/p-1/t26-,42+,43?,44-,45+,46?,47?,48?,51-,52+;/m0./s1. The molecule has 4 heterocycles. The Hall–Kier alpha value is -5.43. The van der Waals surface area contributed by atoms with E-state index in [0.29, 0.717) is 46.4 Å². The van der Waals surface area contributed by atoms with E-state index in [0.717, 1.165) is 52.2 Å². The van der Waals surface area contributed by atoms with E-state index in [-0.39, 0.29) is 55.2 Å². The number of hydrogen-bond donors (Lipinski definition) is 0. The number of methoxy groups -OCH3 is 2. The second kappa shape index (κ2) is 28.8. The van der Waals surface area contributed by atoms with Crippen LogP contribution in [0.4, 0.5) is 11.4 Å². The molecule has 22 nitrogen and oxygen atoms in total. The lowest BCUT2D eigenvalue weighted by Gasteiger charge is -2.43. The lowest BCUT2D eigenvalue weighted by atomic mass is 9.90. The zero-order valence-corrected chi connectivity index (χ0v) is 48.8. The number of rotatable bonds is 21. The van der Waals surface area contributed by atoms with Crippen molar-refractivity contribution in [3.05, 3.63) is 68.2 Å². The molecule has 79 heavy (non-hydrogen) atoms. The maximum atomic E-state index is 13.1. The van der Waals surface area contributed by atoms with Gasteiger partial charge in [-0.1, -0.05) is 59.4 Å². The van der Waals surface area contributed by atoms with Crippen LogP contribution < -0.4 is 26.8 Å². The molecule has 434 valence electrons. The second-order valence-corrected chi connectivity index (χ2v) is 19.7. The van der Waals surface area contributed by atoms with Crippen LogP contribution in [0.3, 0.4) is 0 Å². The molecule has 27 heteroatoms. The molecule has 3 aromatic rings. The van der Waals surface area contributed by atoms with Gasteiger partial charge >= 0.3 is 41.8 Å². The number of allylic oxidation sites excluding steroid dienone is 2. The number of carbonyl (C=O) groups excluding carboxylic acids is 7. The Balaban J connectivity index is 0.0000115. The Morgan fingerprint density at radius 1 is 0.608 bits per heavy atom. The molecule has 10 atom stereocenters. The fourth-order valence-electron chi connectivity index (χ4n) is 9.64. The van der Waals surface area contributed by atoms with Crippen LogP contribution >= 0.6 is 46.4 Å². The second-order valence-electron chi connectivity index (χ2n) is 18.1. The Bertz CT molecular complexity index is 2770. The van der Waals surface area contributed by atoms with Gasteiger partial charge < -0.3 is 74.3 Å². The van der Waals surface area contributed by atoms with Crippen LogP contribution in [0, 0.1) is 5.92 Å². The Morgan fingerprint density at radius 3 is 1.57 bits per heavy atom.